The number of aromatic nitrogens is 3. The molecular weight excluding hydrogens is 946 g/mol. The summed E-state index contributed by atoms with van der Waals surface area (Å²) in [5.41, 5.74) is 4.99. The number of rotatable bonds is 38. The van der Waals surface area contributed by atoms with Crippen LogP contribution in [0.25, 0.3) is 11.1 Å². The van der Waals surface area contributed by atoms with Crippen LogP contribution in [-0.2, 0) is 45.7 Å². The minimum absolute atomic E-state index is 0.0144. The summed E-state index contributed by atoms with van der Waals surface area (Å²) >= 11 is 0. The van der Waals surface area contributed by atoms with Gasteiger partial charge in [0, 0.05) is 31.1 Å². The molecule has 73 heavy (non-hydrogen) atoms. The second-order valence-electron chi connectivity index (χ2n) is 22.2. The summed E-state index contributed by atoms with van der Waals surface area (Å²) in [5.74, 6) is 0.424. The van der Waals surface area contributed by atoms with Gasteiger partial charge < -0.3 is 24.4 Å². The molecular formula is C58H87FN5O8S+. The lowest BCUT2D eigenvalue weighted by molar-refractivity contribution is -0.889. The lowest BCUT2D eigenvalue weighted by Gasteiger charge is -2.29. The molecule has 1 saturated carbocycles. The quantitative estimate of drug-likeness (QED) is 0.0223. The molecule has 1 aliphatic carbocycles. The molecule has 0 spiro atoms. The maximum Gasteiger partial charge on any atom is 0.303 e. The summed E-state index contributed by atoms with van der Waals surface area (Å²) in [5, 5.41) is 21.6. The van der Waals surface area contributed by atoms with E-state index in [9.17, 15) is 23.1 Å². The van der Waals surface area contributed by atoms with Crippen LogP contribution >= 0.6 is 0 Å². The maximum atomic E-state index is 15.5. The summed E-state index contributed by atoms with van der Waals surface area (Å²) in [6.07, 6.45) is 25.0. The van der Waals surface area contributed by atoms with Gasteiger partial charge in [0.1, 0.15) is 23.9 Å². The number of halogens is 1. The largest absolute Gasteiger partial charge is 0.497 e. The number of ether oxygens (including phenoxy) is 2. The fourth-order valence-electron chi connectivity index (χ4n) is 10.0. The number of quaternary nitrogens is 1. The fraction of sp³-hybridized carbons (Fsp3) is 0.621. The number of carboxylic acids is 1. The van der Waals surface area contributed by atoms with Crippen LogP contribution in [0.2, 0.25) is 0 Å². The smallest absolute Gasteiger partial charge is 0.303 e. The van der Waals surface area contributed by atoms with E-state index in [2.05, 4.69) is 41.7 Å². The van der Waals surface area contributed by atoms with E-state index in [1.54, 1.807) is 19.2 Å². The second-order valence-corrected chi connectivity index (χ2v) is 23.7. The van der Waals surface area contributed by atoms with Crippen molar-refractivity contribution in [2.24, 2.45) is 11.3 Å². The van der Waals surface area contributed by atoms with Gasteiger partial charge in [0.05, 0.1) is 58.7 Å². The Morgan fingerprint density at radius 3 is 2.12 bits per heavy atom. The number of hydrogen-bond acceptors (Lipinski definition) is 8. The third-order valence-electron chi connectivity index (χ3n) is 14.3. The molecule has 1 aliphatic rings. The van der Waals surface area contributed by atoms with E-state index < -0.39 is 16.1 Å². The second kappa shape index (κ2) is 29.9. The first-order chi connectivity index (χ1) is 34.9. The molecule has 3 aromatic carbocycles. The van der Waals surface area contributed by atoms with Gasteiger partial charge in [0.15, 0.2) is 0 Å². The van der Waals surface area contributed by atoms with Gasteiger partial charge in [-0.25, -0.2) is 4.39 Å². The molecule has 1 amide bonds. The highest BCUT2D eigenvalue weighted by molar-refractivity contribution is 7.85. The molecule has 1 atom stereocenters. The number of carbonyl (C=O) groups is 2. The van der Waals surface area contributed by atoms with Crippen LogP contribution < -0.4 is 14.8 Å². The number of aliphatic carboxylic acids is 1. The number of amides is 1. The number of carbonyl (C=O) groups excluding carboxylic acids is 1. The van der Waals surface area contributed by atoms with Crippen molar-refractivity contribution in [2.45, 2.75) is 174 Å². The highest BCUT2D eigenvalue weighted by atomic mass is 32.2. The van der Waals surface area contributed by atoms with E-state index in [-0.39, 0.29) is 35.2 Å². The number of likely N-dealkylation sites (N-methyl/N-ethyl adjacent to an activating group) is 1. The molecule has 0 saturated heterocycles. The highest BCUT2D eigenvalue weighted by Gasteiger charge is 2.34. The summed E-state index contributed by atoms with van der Waals surface area (Å²) in [6, 6.07) is 18.7. The molecule has 13 nitrogen and oxygen atoms in total. The third-order valence-corrected chi connectivity index (χ3v) is 15.1. The van der Waals surface area contributed by atoms with Gasteiger partial charge in [0.2, 0.25) is 5.91 Å². The zero-order chi connectivity index (χ0) is 52.7. The molecule has 0 bridgehead atoms. The van der Waals surface area contributed by atoms with Crippen LogP contribution in [0.1, 0.15) is 171 Å². The standard InChI is InChI=1S/C58H86FN5O8S/c1-58(2,41-48-37-45(27-31-52(48)54-39-50(71-5)30-32-55(54)59)43-72-51-25-21-23-47(38-51)53(40-57(66)67)46-28-29-46)44-63-42-49(61-62-63)24-19-17-15-13-11-9-7-6-8-10-12-14-16-18-20-26-56(65)60-33-35-64(3,4)34-22-36-73(68,69)70/h21,23,25,27,30-32,37-39,42,46,53H,6-20,22,24,26,28-29,33-36,40-41,43-44H2,1-5H3,(H2-,60,65,66,67,68,69,70)/p+1/t53-/m0/s1. The van der Waals surface area contributed by atoms with Gasteiger partial charge >= 0.3 is 5.97 Å². The van der Waals surface area contributed by atoms with E-state index in [0.29, 0.717) is 79.5 Å². The van der Waals surface area contributed by atoms with E-state index in [4.69, 9.17) is 14.0 Å². The molecule has 15 heteroatoms. The molecule has 1 heterocycles. The number of aryl methyl sites for hydroxylation is 1. The Bertz CT molecular complexity index is 2420. The van der Waals surface area contributed by atoms with E-state index in [1.165, 1.54) is 83.1 Å². The molecule has 0 aliphatic heterocycles. The molecule has 0 radical (unpaired) electrons. The Morgan fingerprint density at radius 1 is 0.836 bits per heavy atom. The van der Waals surface area contributed by atoms with E-state index >= 15 is 4.39 Å². The normalized spacial score (nSPS) is 13.5. The Kier molecular flexibility index (Phi) is 24.2. The maximum absolute atomic E-state index is 15.5. The number of nitrogens with zero attached hydrogens (tertiary/aromatic N) is 4. The average Bonchev–Trinajstić information content (AvgIpc) is 4.09. The number of methoxy groups -OCH3 is 1. The minimum Gasteiger partial charge on any atom is -0.497 e. The fourth-order valence-corrected chi connectivity index (χ4v) is 10.5. The molecule has 3 N–H and O–H groups in total. The lowest BCUT2D eigenvalue weighted by Crippen LogP contribution is -2.46. The van der Waals surface area contributed by atoms with Gasteiger partial charge in [-0.3, -0.25) is 18.8 Å². The van der Waals surface area contributed by atoms with Crippen molar-refractivity contribution in [2.75, 3.05) is 46.6 Å². The van der Waals surface area contributed by atoms with Crippen molar-refractivity contribution >= 4 is 22.0 Å². The number of benzene rings is 3. The highest BCUT2D eigenvalue weighted by Crippen LogP contribution is 2.45. The average molecular weight is 1030 g/mol. The van der Waals surface area contributed by atoms with Crippen LogP contribution in [-0.4, -0.2) is 96.0 Å². The number of unbranched alkanes of at least 4 members (excludes halogenated alkanes) is 14. The molecule has 1 aromatic heterocycles. The predicted octanol–water partition coefficient (Wildman–Crippen LogP) is 12.2. The Labute approximate surface area is 436 Å². The molecule has 404 valence electrons. The van der Waals surface area contributed by atoms with Crippen molar-refractivity contribution in [3.05, 3.63) is 95.1 Å². The van der Waals surface area contributed by atoms with Crippen LogP contribution in [0.3, 0.4) is 0 Å². The van der Waals surface area contributed by atoms with Crippen molar-refractivity contribution in [1.29, 1.82) is 0 Å². The lowest BCUT2D eigenvalue weighted by atomic mass is 9.82. The number of nitrogens with one attached hydrogen (secondary N) is 1. The summed E-state index contributed by atoms with van der Waals surface area (Å²) in [4.78, 5) is 23.9. The Hall–Kier alpha value is -4.86. The topological polar surface area (TPSA) is 170 Å². The molecule has 4 aromatic rings. The van der Waals surface area contributed by atoms with Gasteiger partial charge in [-0.05, 0) is 108 Å². The van der Waals surface area contributed by atoms with Crippen molar-refractivity contribution in [3.8, 4) is 22.6 Å². The van der Waals surface area contributed by atoms with Crippen LogP contribution in [0, 0.1) is 17.2 Å². The molecule has 0 unspecified atom stereocenters. The first kappa shape index (κ1) is 59.0. The third kappa shape index (κ3) is 23.1. The first-order valence-electron chi connectivity index (χ1n) is 27.2. The number of carboxylic acid groups (broad SMARTS) is 1. The van der Waals surface area contributed by atoms with Crippen LogP contribution in [0.5, 0.6) is 11.5 Å². The number of hydrogen-bond donors (Lipinski definition) is 3. The molecule has 5 rings (SSSR count). The van der Waals surface area contributed by atoms with E-state index in [0.717, 1.165) is 66.5 Å². The SMILES string of the molecule is COc1ccc(F)c(-c2ccc(COc3cccc([C@@H](CC(=O)O)C4CC4)c3)cc2CC(C)(C)Cn2cc(CCCCCCCCCCCCCCCCCC(=O)NCC[N+](C)(C)CCCS(=O)(=O)O)nn2)c1. The minimum atomic E-state index is -3.93. The zero-order valence-corrected chi connectivity index (χ0v) is 45.5. The van der Waals surface area contributed by atoms with Crippen molar-refractivity contribution in [1.82, 2.24) is 20.3 Å². The molecule has 1 fully saturated rings. The van der Waals surface area contributed by atoms with Gasteiger partial charge in [-0.15, -0.1) is 5.10 Å². The van der Waals surface area contributed by atoms with Gasteiger partial charge in [0.25, 0.3) is 10.1 Å². The van der Waals surface area contributed by atoms with Gasteiger partial charge in [-0.1, -0.05) is 133 Å². The van der Waals surface area contributed by atoms with E-state index in [1.807, 2.05) is 55.2 Å². The zero-order valence-electron chi connectivity index (χ0n) is 44.7. The van der Waals surface area contributed by atoms with Crippen LogP contribution in [0.4, 0.5) is 4.39 Å². The van der Waals surface area contributed by atoms with Crippen molar-refractivity contribution < 1.29 is 46.0 Å². The summed E-state index contributed by atoms with van der Waals surface area (Å²) in [6.45, 7) is 7.26. The first-order valence-corrected chi connectivity index (χ1v) is 28.8. The Balaban J connectivity index is 0.944. The monoisotopic (exact) mass is 1030 g/mol. The van der Waals surface area contributed by atoms with Gasteiger partial charge in [-0.2, -0.15) is 8.42 Å². The summed E-state index contributed by atoms with van der Waals surface area (Å²) < 4.78 is 60.6. The Morgan fingerprint density at radius 2 is 1.49 bits per heavy atom. The summed E-state index contributed by atoms with van der Waals surface area (Å²) in [7, 11) is 1.65. The van der Waals surface area contributed by atoms with Crippen molar-refractivity contribution in [3.63, 3.8) is 0 Å². The van der Waals surface area contributed by atoms with Crippen LogP contribution in [0.15, 0.2) is 66.9 Å². The predicted molar refractivity (Wildman–Crippen MR) is 288 cm³/mol.